The quantitative estimate of drug-likeness (QED) is 0.755. The Bertz CT molecular complexity index is 575. The lowest BCUT2D eigenvalue weighted by Crippen LogP contribution is -2.31. The minimum atomic E-state index is -3.91. The summed E-state index contributed by atoms with van der Waals surface area (Å²) in [7, 11) is -1.14. The van der Waals surface area contributed by atoms with E-state index in [1.807, 2.05) is 0 Å². The van der Waals surface area contributed by atoms with Crippen LogP contribution in [0.25, 0.3) is 0 Å². The maximum Gasteiger partial charge on any atom is 0.244 e. The molecule has 0 fully saturated rings. The molecule has 0 aliphatic carbocycles. The molecule has 0 heterocycles. The third-order valence-electron chi connectivity index (χ3n) is 2.60. The number of amides is 1. The smallest absolute Gasteiger partial charge is 0.244 e. The minimum Gasteiger partial charge on any atom is -0.398 e. The fraction of sp³-hybridized carbons (Fsp3) is 0.364. The van der Waals surface area contributed by atoms with Gasteiger partial charge in [0.05, 0.1) is 5.69 Å². The van der Waals surface area contributed by atoms with Crippen LogP contribution in [0.5, 0.6) is 0 Å². The molecule has 0 aliphatic rings. The maximum atomic E-state index is 13.1. The van der Waals surface area contributed by atoms with Gasteiger partial charge >= 0.3 is 0 Å². The van der Waals surface area contributed by atoms with E-state index in [0.29, 0.717) is 0 Å². The SMILES string of the molecule is CNC(=O)CCN(C)S(=O)(=O)c1cc(F)ccc1N. The van der Waals surface area contributed by atoms with E-state index in [0.717, 1.165) is 16.4 Å². The third kappa shape index (κ3) is 3.65. The predicted octanol–water partition coefficient (Wildman–Crippen LogP) is 0.165. The van der Waals surface area contributed by atoms with Crippen LogP contribution in [0.1, 0.15) is 6.42 Å². The summed E-state index contributed by atoms with van der Waals surface area (Å²) < 4.78 is 38.4. The van der Waals surface area contributed by atoms with Gasteiger partial charge in [0.2, 0.25) is 15.9 Å². The highest BCUT2D eigenvalue weighted by molar-refractivity contribution is 7.89. The van der Waals surface area contributed by atoms with Crippen LogP contribution in [0.4, 0.5) is 10.1 Å². The summed E-state index contributed by atoms with van der Waals surface area (Å²) in [5.41, 5.74) is 5.51. The van der Waals surface area contributed by atoms with Gasteiger partial charge in [-0.2, -0.15) is 0 Å². The van der Waals surface area contributed by atoms with Gasteiger partial charge in [-0.1, -0.05) is 0 Å². The van der Waals surface area contributed by atoms with Gasteiger partial charge in [0, 0.05) is 27.1 Å². The van der Waals surface area contributed by atoms with Gasteiger partial charge in [-0.15, -0.1) is 0 Å². The second-order valence-corrected chi connectivity index (χ2v) is 5.95. The summed E-state index contributed by atoms with van der Waals surface area (Å²) in [4.78, 5) is 10.8. The van der Waals surface area contributed by atoms with Crippen LogP contribution in [0, 0.1) is 5.82 Å². The van der Waals surface area contributed by atoms with Gasteiger partial charge in [-0.3, -0.25) is 4.79 Å². The lowest BCUT2D eigenvalue weighted by molar-refractivity contribution is -0.120. The topological polar surface area (TPSA) is 92.5 Å². The molecule has 1 rings (SSSR count). The normalized spacial score (nSPS) is 11.6. The minimum absolute atomic E-state index is 0.0153. The molecule has 0 saturated carbocycles. The summed E-state index contributed by atoms with van der Waals surface area (Å²) in [5.74, 6) is -0.971. The highest BCUT2D eigenvalue weighted by Gasteiger charge is 2.24. The first-order valence-corrected chi connectivity index (χ1v) is 6.95. The first-order chi connectivity index (χ1) is 8.78. The Hall–Kier alpha value is -1.67. The predicted molar refractivity (Wildman–Crippen MR) is 69.3 cm³/mol. The number of nitrogens with one attached hydrogen (secondary N) is 1. The molecule has 1 aromatic carbocycles. The van der Waals surface area contributed by atoms with Gasteiger partial charge in [-0.05, 0) is 18.2 Å². The lowest BCUT2D eigenvalue weighted by atomic mass is 10.3. The second-order valence-electron chi connectivity index (χ2n) is 3.93. The zero-order valence-corrected chi connectivity index (χ0v) is 11.5. The molecule has 0 aromatic heterocycles. The van der Waals surface area contributed by atoms with Gasteiger partial charge in [0.15, 0.2) is 0 Å². The summed E-state index contributed by atoms with van der Waals surface area (Å²) in [6, 6.07) is 3.13. The van der Waals surface area contributed by atoms with E-state index in [4.69, 9.17) is 5.73 Å². The molecule has 0 bridgehead atoms. The van der Waals surface area contributed by atoms with E-state index in [1.165, 1.54) is 20.2 Å². The van der Waals surface area contributed by atoms with Crippen LogP contribution in [0.2, 0.25) is 0 Å². The zero-order valence-electron chi connectivity index (χ0n) is 10.7. The fourth-order valence-electron chi connectivity index (χ4n) is 1.40. The number of nitrogen functional groups attached to an aromatic ring is 1. The molecular formula is C11H16FN3O3S. The standard InChI is InChI=1S/C11H16FN3O3S/c1-14-11(16)5-6-15(2)19(17,18)10-7-8(12)3-4-9(10)13/h3-4,7H,5-6,13H2,1-2H3,(H,14,16). The highest BCUT2D eigenvalue weighted by Crippen LogP contribution is 2.22. The molecule has 106 valence electrons. The molecule has 6 nitrogen and oxygen atoms in total. The van der Waals surface area contributed by atoms with Crippen LogP contribution in [0.15, 0.2) is 23.1 Å². The Balaban J connectivity index is 2.97. The van der Waals surface area contributed by atoms with Crippen LogP contribution < -0.4 is 11.1 Å². The number of anilines is 1. The van der Waals surface area contributed by atoms with Crippen molar-refractivity contribution in [1.29, 1.82) is 0 Å². The Kier molecular flexibility index (Phi) is 4.84. The monoisotopic (exact) mass is 289 g/mol. The molecule has 1 amide bonds. The van der Waals surface area contributed by atoms with E-state index in [2.05, 4.69) is 5.32 Å². The number of benzene rings is 1. The molecular weight excluding hydrogens is 273 g/mol. The molecule has 19 heavy (non-hydrogen) atoms. The van der Waals surface area contributed by atoms with Crippen LogP contribution in [-0.2, 0) is 14.8 Å². The van der Waals surface area contributed by atoms with Crippen molar-refractivity contribution >= 4 is 21.6 Å². The van der Waals surface area contributed by atoms with E-state index in [-0.39, 0.29) is 29.5 Å². The van der Waals surface area contributed by atoms with Crippen molar-refractivity contribution in [2.75, 3.05) is 26.4 Å². The maximum absolute atomic E-state index is 13.1. The summed E-state index contributed by atoms with van der Waals surface area (Å²) >= 11 is 0. The summed E-state index contributed by atoms with van der Waals surface area (Å²) in [5, 5.41) is 2.39. The number of rotatable bonds is 5. The molecule has 0 saturated heterocycles. The highest BCUT2D eigenvalue weighted by atomic mass is 32.2. The summed E-state index contributed by atoms with van der Waals surface area (Å²) in [6.07, 6.45) is 0.0153. The molecule has 0 radical (unpaired) electrons. The molecule has 0 aliphatic heterocycles. The van der Waals surface area contributed by atoms with E-state index < -0.39 is 15.8 Å². The van der Waals surface area contributed by atoms with Crippen molar-refractivity contribution in [3.8, 4) is 0 Å². The first kappa shape index (κ1) is 15.4. The van der Waals surface area contributed by atoms with Gasteiger partial charge in [-0.25, -0.2) is 17.1 Å². The Morgan fingerprint density at radius 2 is 2.11 bits per heavy atom. The Morgan fingerprint density at radius 1 is 1.47 bits per heavy atom. The van der Waals surface area contributed by atoms with Crippen LogP contribution in [0.3, 0.4) is 0 Å². The average Bonchev–Trinajstić information content (AvgIpc) is 2.37. The van der Waals surface area contributed by atoms with E-state index in [9.17, 15) is 17.6 Å². The van der Waals surface area contributed by atoms with Crippen molar-refractivity contribution in [1.82, 2.24) is 9.62 Å². The van der Waals surface area contributed by atoms with E-state index >= 15 is 0 Å². The number of hydrogen-bond acceptors (Lipinski definition) is 4. The Labute approximate surface area is 111 Å². The van der Waals surface area contributed by atoms with Crippen molar-refractivity contribution < 1.29 is 17.6 Å². The van der Waals surface area contributed by atoms with Crippen molar-refractivity contribution in [3.63, 3.8) is 0 Å². The van der Waals surface area contributed by atoms with Crippen LogP contribution in [-0.4, -0.2) is 39.3 Å². The van der Waals surface area contributed by atoms with E-state index in [1.54, 1.807) is 0 Å². The van der Waals surface area contributed by atoms with Crippen molar-refractivity contribution in [2.24, 2.45) is 0 Å². The summed E-state index contributed by atoms with van der Waals surface area (Å²) in [6.45, 7) is -0.0159. The number of carbonyl (C=O) groups excluding carboxylic acids is 1. The zero-order chi connectivity index (χ0) is 14.6. The molecule has 0 atom stereocenters. The number of sulfonamides is 1. The van der Waals surface area contributed by atoms with Crippen molar-refractivity contribution in [3.05, 3.63) is 24.0 Å². The average molecular weight is 289 g/mol. The molecule has 0 spiro atoms. The molecule has 8 heteroatoms. The number of nitrogens with zero attached hydrogens (tertiary/aromatic N) is 1. The second kappa shape index (κ2) is 5.98. The lowest BCUT2D eigenvalue weighted by Gasteiger charge is -2.17. The van der Waals surface area contributed by atoms with Crippen molar-refractivity contribution in [2.45, 2.75) is 11.3 Å². The number of nitrogens with two attached hydrogens (primary N) is 1. The first-order valence-electron chi connectivity index (χ1n) is 5.51. The molecule has 3 N–H and O–H groups in total. The molecule has 0 unspecified atom stereocenters. The number of halogens is 1. The fourth-order valence-corrected chi connectivity index (χ4v) is 2.70. The number of carbonyl (C=O) groups is 1. The largest absolute Gasteiger partial charge is 0.398 e. The van der Waals surface area contributed by atoms with Gasteiger partial charge < -0.3 is 11.1 Å². The molecule has 1 aromatic rings. The van der Waals surface area contributed by atoms with Gasteiger partial charge in [0.1, 0.15) is 10.7 Å². The van der Waals surface area contributed by atoms with Crippen LogP contribution >= 0.6 is 0 Å². The Morgan fingerprint density at radius 3 is 2.68 bits per heavy atom. The number of hydrogen-bond donors (Lipinski definition) is 2. The van der Waals surface area contributed by atoms with Gasteiger partial charge in [0.25, 0.3) is 0 Å². The third-order valence-corrected chi connectivity index (χ3v) is 4.51.